The zero-order valence-electron chi connectivity index (χ0n) is 20.3. The van der Waals surface area contributed by atoms with E-state index in [0.29, 0.717) is 54.2 Å². The van der Waals surface area contributed by atoms with Crippen molar-refractivity contribution in [2.24, 2.45) is 0 Å². The smallest absolute Gasteiger partial charge is 0.481 e. The minimum absolute atomic E-state index is 0. The number of carbonyl (C=O) groups excluding carboxylic acids is 1. The number of halogens is 1. The largest absolute Gasteiger partial charge is 1.00 e. The molecule has 3 rings (SSSR count). The van der Waals surface area contributed by atoms with Crippen molar-refractivity contribution in [2.45, 2.75) is 44.8 Å². The van der Waals surface area contributed by atoms with Crippen LogP contribution in [0, 0.1) is 5.82 Å². The molecule has 1 saturated heterocycles. The predicted molar refractivity (Wildman–Crippen MR) is 127 cm³/mol. The molecule has 0 bridgehead atoms. The average molecular weight is 517 g/mol. The van der Waals surface area contributed by atoms with Gasteiger partial charge in [0.1, 0.15) is 5.82 Å². The molecule has 2 heterocycles. The van der Waals surface area contributed by atoms with Gasteiger partial charge in [0.2, 0.25) is 5.88 Å². The number of methoxy groups -OCH3 is 1. The summed E-state index contributed by atoms with van der Waals surface area (Å²) in [4.78, 5) is 19.0. The van der Waals surface area contributed by atoms with Gasteiger partial charge in [0, 0.05) is 12.3 Å². The maximum absolute atomic E-state index is 14.5. The van der Waals surface area contributed by atoms with E-state index in [0.717, 1.165) is 6.54 Å². The molecule has 1 N–H and O–H groups in total. The number of ether oxygens (including phenoxy) is 1. The summed E-state index contributed by atoms with van der Waals surface area (Å²) >= 11 is 0. The fourth-order valence-electron chi connectivity index (χ4n) is 3.98. The molecule has 180 valence electrons. The van der Waals surface area contributed by atoms with Crippen molar-refractivity contribution in [1.29, 1.82) is 0 Å². The van der Waals surface area contributed by atoms with Gasteiger partial charge in [0.05, 0.1) is 12.4 Å². The summed E-state index contributed by atoms with van der Waals surface area (Å²) in [6.45, 7) is 7.91. The van der Waals surface area contributed by atoms with E-state index in [-0.39, 0.29) is 57.3 Å². The first-order chi connectivity index (χ1) is 15.6. The minimum Gasteiger partial charge on any atom is -0.481 e. The van der Waals surface area contributed by atoms with Crippen molar-refractivity contribution in [2.75, 3.05) is 32.1 Å². The predicted octanol–water partition coefficient (Wildman–Crippen LogP) is 1.74. The van der Waals surface area contributed by atoms with Gasteiger partial charge in [-0.25, -0.2) is 17.8 Å². The summed E-state index contributed by atoms with van der Waals surface area (Å²) in [5.41, 5.74) is 1.78. The Hall–Kier alpha value is -1.08. The van der Waals surface area contributed by atoms with E-state index in [4.69, 9.17) is 4.74 Å². The molecule has 2 amide bonds. The standard InChI is InChI=1S/C23H31FN4O4S.K/c1-5-28-10-7-18(8-11-28)33(30,31)27-23(29)26-22-19(15(2)3)13-17(24)14-20(22)16-6-9-25-21(12-16)32-4;/h6,9,12-15,18H,5,7-8,10-11H2,1-4H3,(H2,25,26,27,29);/q;+1/p-1. The second-order valence-electron chi connectivity index (χ2n) is 8.33. The molecule has 1 aromatic heterocycles. The number of nitrogens with one attached hydrogen (secondary N) is 1. The molecular formula is C23H30FKN4O4S. The summed E-state index contributed by atoms with van der Waals surface area (Å²) in [6.07, 6.45) is 2.38. The van der Waals surface area contributed by atoms with Crippen LogP contribution in [0.3, 0.4) is 0 Å². The van der Waals surface area contributed by atoms with Gasteiger partial charge in [-0.05, 0) is 79.0 Å². The van der Waals surface area contributed by atoms with Gasteiger partial charge in [0.25, 0.3) is 0 Å². The number of amides is 2. The molecule has 34 heavy (non-hydrogen) atoms. The van der Waals surface area contributed by atoms with Crippen LogP contribution in [0.1, 0.15) is 45.1 Å². The first-order valence-corrected chi connectivity index (χ1v) is 12.5. The zero-order chi connectivity index (χ0) is 24.2. The molecule has 0 spiro atoms. The molecule has 0 atom stereocenters. The number of sulfonamides is 1. The maximum atomic E-state index is 14.5. The number of rotatable bonds is 7. The van der Waals surface area contributed by atoms with Gasteiger partial charge < -0.3 is 19.7 Å². The number of aromatic nitrogens is 1. The Morgan fingerprint density at radius 3 is 2.56 bits per heavy atom. The Morgan fingerprint density at radius 1 is 1.29 bits per heavy atom. The van der Waals surface area contributed by atoms with E-state index in [1.165, 1.54) is 25.4 Å². The zero-order valence-corrected chi connectivity index (χ0v) is 24.3. The van der Waals surface area contributed by atoms with E-state index in [1.54, 1.807) is 12.1 Å². The second kappa shape index (κ2) is 12.7. The van der Waals surface area contributed by atoms with Crippen LogP contribution in [0.4, 0.5) is 14.9 Å². The van der Waals surface area contributed by atoms with Gasteiger partial charge in [-0.2, -0.15) is 0 Å². The first-order valence-electron chi connectivity index (χ1n) is 11.0. The van der Waals surface area contributed by atoms with Crippen LogP contribution in [0.25, 0.3) is 15.8 Å². The van der Waals surface area contributed by atoms with E-state index >= 15 is 0 Å². The van der Waals surface area contributed by atoms with Gasteiger partial charge >= 0.3 is 51.4 Å². The number of urea groups is 1. The van der Waals surface area contributed by atoms with Crippen LogP contribution in [-0.4, -0.2) is 56.3 Å². The van der Waals surface area contributed by atoms with Gasteiger partial charge in [-0.1, -0.05) is 20.8 Å². The number of likely N-dealkylation sites (tertiary alicyclic amines) is 1. The van der Waals surface area contributed by atoms with Crippen LogP contribution in [0.15, 0.2) is 30.5 Å². The SMILES string of the molecule is CCN1CCC(S(=O)(=O)[N-]C(=O)Nc2c(-c3ccnc(OC)c3)cc(F)cc2C(C)C)CC1.[K+]. The summed E-state index contributed by atoms with van der Waals surface area (Å²) < 4.78 is 48.7. The second-order valence-corrected chi connectivity index (χ2v) is 10.2. The number of pyridine rings is 1. The Labute approximate surface area is 243 Å². The fourth-order valence-corrected chi connectivity index (χ4v) is 5.21. The fraction of sp³-hybridized carbons (Fsp3) is 0.478. The van der Waals surface area contributed by atoms with Crippen LogP contribution in [0.5, 0.6) is 5.88 Å². The third-order valence-corrected chi connectivity index (χ3v) is 7.59. The van der Waals surface area contributed by atoms with Crippen LogP contribution in [0.2, 0.25) is 0 Å². The number of piperidine rings is 1. The molecule has 1 aliphatic heterocycles. The third-order valence-electron chi connectivity index (χ3n) is 5.86. The van der Waals surface area contributed by atoms with Gasteiger partial charge in [-0.15, -0.1) is 0 Å². The molecule has 11 heteroatoms. The summed E-state index contributed by atoms with van der Waals surface area (Å²) in [7, 11) is -2.51. The number of nitrogens with zero attached hydrogens (tertiary/aromatic N) is 3. The molecular weight excluding hydrogens is 486 g/mol. The van der Waals surface area contributed by atoms with E-state index in [9.17, 15) is 17.6 Å². The van der Waals surface area contributed by atoms with Crippen molar-refractivity contribution >= 4 is 21.7 Å². The molecule has 0 aliphatic carbocycles. The monoisotopic (exact) mass is 516 g/mol. The Balaban J connectivity index is 0.00000408. The number of hydrogen-bond donors (Lipinski definition) is 1. The molecule has 1 aliphatic rings. The quantitative estimate of drug-likeness (QED) is 0.563. The molecule has 1 aromatic carbocycles. The van der Waals surface area contributed by atoms with Crippen molar-refractivity contribution in [3.63, 3.8) is 0 Å². The Bertz CT molecular complexity index is 1110. The van der Waals surface area contributed by atoms with Crippen molar-refractivity contribution < 1.29 is 73.7 Å². The van der Waals surface area contributed by atoms with Crippen molar-refractivity contribution in [3.05, 3.63) is 46.6 Å². The van der Waals surface area contributed by atoms with E-state index in [2.05, 4.69) is 19.9 Å². The topological polar surface area (TPSA) is 103 Å². The molecule has 0 unspecified atom stereocenters. The van der Waals surface area contributed by atoms with Gasteiger partial charge in [-0.3, -0.25) is 4.79 Å². The molecule has 0 radical (unpaired) electrons. The minimum atomic E-state index is -3.98. The maximum Gasteiger partial charge on any atom is 1.00 e. The summed E-state index contributed by atoms with van der Waals surface area (Å²) in [5.74, 6) is -0.297. The molecule has 1 fully saturated rings. The summed E-state index contributed by atoms with van der Waals surface area (Å²) in [6, 6.07) is 4.89. The number of carbonyl (C=O) groups is 1. The average Bonchev–Trinajstić information content (AvgIpc) is 2.79. The van der Waals surface area contributed by atoms with Crippen molar-refractivity contribution in [3.8, 4) is 17.0 Å². The van der Waals surface area contributed by atoms with E-state index < -0.39 is 27.1 Å². The van der Waals surface area contributed by atoms with Crippen molar-refractivity contribution in [1.82, 2.24) is 9.88 Å². The first kappa shape index (κ1) is 29.1. The normalized spacial score (nSPS) is 15.0. The number of hydrogen-bond acceptors (Lipinski definition) is 6. The van der Waals surface area contributed by atoms with E-state index in [1.807, 2.05) is 20.8 Å². The van der Waals surface area contributed by atoms with Crippen LogP contribution in [-0.2, 0) is 10.0 Å². The summed E-state index contributed by atoms with van der Waals surface area (Å²) in [5, 5.41) is 1.93. The molecule has 0 saturated carbocycles. The Kier molecular flexibility index (Phi) is 10.9. The van der Waals surface area contributed by atoms with Crippen LogP contribution < -0.4 is 61.4 Å². The third kappa shape index (κ3) is 7.22. The van der Waals surface area contributed by atoms with Gasteiger partial charge in [0.15, 0.2) is 16.1 Å². The number of anilines is 1. The molecule has 8 nitrogen and oxygen atoms in total. The van der Waals surface area contributed by atoms with Crippen LogP contribution >= 0.6 is 0 Å². The number of benzene rings is 1. The molecule has 2 aromatic rings. The Morgan fingerprint density at radius 2 is 1.97 bits per heavy atom.